The van der Waals surface area contributed by atoms with Crippen LogP contribution < -0.4 is 10.7 Å². The highest BCUT2D eigenvalue weighted by Gasteiger charge is 2.16. The molecule has 0 aliphatic heterocycles. The van der Waals surface area contributed by atoms with E-state index in [0.717, 1.165) is 14.8 Å². The van der Waals surface area contributed by atoms with Gasteiger partial charge in [-0.2, -0.15) is 5.10 Å². The van der Waals surface area contributed by atoms with E-state index >= 15 is 0 Å². The average molecular weight is 445 g/mol. The summed E-state index contributed by atoms with van der Waals surface area (Å²) in [4.78, 5) is 24.8. The largest absolute Gasteiger partial charge is 0.320 e. The second-order valence-electron chi connectivity index (χ2n) is 5.66. The Morgan fingerprint density at radius 2 is 1.80 bits per heavy atom. The number of hydrogen-bond acceptors (Lipinski definition) is 3. The lowest BCUT2D eigenvalue weighted by Crippen LogP contribution is -2.27. The second kappa shape index (κ2) is 7.18. The van der Waals surface area contributed by atoms with Gasteiger partial charge in [-0.1, -0.05) is 18.2 Å². The van der Waals surface area contributed by atoms with Gasteiger partial charge in [0.2, 0.25) is 5.43 Å². The van der Waals surface area contributed by atoms with Crippen molar-refractivity contribution in [3.63, 3.8) is 0 Å². The Morgan fingerprint density at radius 3 is 2.48 bits per heavy atom. The van der Waals surface area contributed by atoms with Crippen molar-refractivity contribution in [1.29, 1.82) is 0 Å². The van der Waals surface area contributed by atoms with E-state index in [-0.39, 0.29) is 5.69 Å². The molecule has 6 heteroatoms. The van der Waals surface area contributed by atoms with Gasteiger partial charge in [0.1, 0.15) is 0 Å². The lowest BCUT2D eigenvalue weighted by molar-refractivity contribution is 0.101. The number of anilines is 1. The molecule has 0 saturated heterocycles. The lowest BCUT2D eigenvalue weighted by atomic mass is 10.2. The van der Waals surface area contributed by atoms with Gasteiger partial charge in [-0.25, -0.2) is 4.68 Å². The van der Waals surface area contributed by atoms with Gasteiger partial charge >= 0.3 is 0 Å². The third kappa shape index (κ3) is 3.79. The van der Waals surface area contributed by atoms with Gasteiger partial charge in [-0.15, -0.1) is 0 Å². The minimum atomic E-state index is -0.515. The summed E-state index contributed by atoms with van der Waals surface area (Å²) >= 11 is 2.21. The van der Waals surface area contributed by atoms with Gasteiger partial charge in [-0.05, 0) is 72.3 Å². The highest BCUT2D eigenvalue weighted by atomic mass is 127. The molecule has 0 unspecified atom stereocenters. The summed E-state index contributed by atoms with van der Waals surface area (Å²) in [6.07, 6.45) is 0. The van der Waals surface area contributed by atoms with Crippen LogP contribution in [0.3, 0.4) is 0 Å². The molecule has 0 fully saturated rings. The third-order valence-corrected chi connectivity index (χ3v) is 4.43. The van der Waals surface area contributed by atoms with Crippen LogP contribution >= 0.6 is 22.6 Å². The van der Waals surface area contributed by atoms with E-state index in [1.807, 2.05) is 55.5 Å². The number of nitrogens with zero attached hydrogens (tertiary/aromatic N) is 2. The molecule has 1 heterocycles. The van der Waals surface area contributed by atoms with Crippen LogP contribution in [0.4, 0.5) is 5.69 Å². The first-order valence-corrected chi connectivity index (χ1v) is 8.77. The summed E-state index contributed by atoms with van der Waals surface area (Å²) < 4.78 is 2.67. The Labute approximate surface area is 158 Å². The molecule has 1 N–H and O–H groups in total. The summed E-state index contributed by atoms with van der Waals surface area (Å²) in [5, 5.41) is 7.05. The number of aryl methyl sites for hydroxylation is 2. The summed E-state index contributed by atoms with van der Waals surface area (Å²) in [5.41, 5.74) is 2.52. The molecule has 3 aromatic rings. The number of halogens is 1. The number of amides is 1. The van der Waals surface area contributed by atoms with Crippen molar-refractivity contribution in [3.8, 4) is 5.69 Å². The van der Waals surface area contributed by atoms with Gasteiger partial charge in [-0.3, -0.25) is 9.59 Å². The van der Waals surface area contributed by atoms with Crippen LogP contribution in [-0.4, -0.2) is 15.7 Å². The third-order valence-electron chi connectivity index (χ3n) is 3.76. The molecule has 0 radical (unpaired) electrons. The molecule has 5 nitrogen and oxygen atoms in total. The summed E-state index contributed by atoms with van der Waals surface area (Å²) in [6, 6.07) is 16.5. The van der Waals surface area contributed by atoms with Crippen LogP contribution in [0.15, 0.2) is 59.4 Å². The average Bonchev–Trinajstić information content (AvgIpc) is 2.58. The van der Waals surface area contributed by atoms with E-state index in [0.29, 0.717) is 11.4 Å². The summed E-state index contributed by atoms with van der Waals surface area (Å²) in [5.74, 6) is -0.515. The minimum Gasteiger partial charge on any atom is -0.320 e. The maximum Gasteiger partial charge on any atom is 0.280 e. The first-order chi connectivity index (χ1) is 12.0. The Hall–Kier alpha value is -2.48. The highest BCUT2D eigenvalue weighted by molar-refractivity contribution is 14.1. The Morgan fingerprint density at radius 1 is 1.08 bits per heavy atom. The van der Waals surface area contributed by atoms with Crippen LogP contribution in [0.5, 0.6) is 0 Å². The van der Waals surface area contributed by atoms with E-state index in [4.69, 9.17) is 0 Å². The van der Waals surface area contributed by atoms with Crippen molar-refractivity contribution in [2.24, 2.45) is 0 Å². The molecule has 126 valence electrons. The molecule has 0 spiro atoms. The fourth-order valence-corrected chi connectivity index (χ4v) is 3.13. The number of rotatable bonds is 3. The van der Waals surface area contributed by atoms with Crippen molar-refractivity contribution < 1.29 is 4.79 Å². The van der Waals surface area contributed by atoms with E-state index in [9.17, 15) is 9.59 Å². The smallest absolute Gasteiger partial charge is 0.280 e. The number of para-hydroxylation sites is 1. The molecule has 2 aromatic carbocycles. The molecule has 0 saturated carbocycles. The van der Waals surface area contributed by atoms with E-state index in [2.05, 4.69) is 33.0 Å². The van der Waals surface area contributed by atoms with Crippen molar-refractivity contribution in [1.82, 2.24) is 9.78 Å². The van der Waals surface area contributed by atoms with Crippen molar-refractivity contribution >= 4 is 34.2 Å². The Bertz CT molecular complexity index is 997. The predicted octanol–water partition coefficient (Wildman–Crippen LogP) is 3.71. The van der Waals surface area contributed by atoms with Crippen molar-refractivity contribution in [2.45, 2.75) is 13.8 Å². The molecule has 0 bridgehead atoms. The summed E-state index contributed by atoms with van der Waals surface area (Å²) in [6.45, 7) is 3.69. The van der Waals surface area contributed by atoms with Gasteiger partial charge in [0.15, 0.2) is 5.69 Å². The topological polar surface area (TPSA) is 64.0 Å². The number of carbonyl (C=O) groups is 1. The van der Waals surface area contributed by atoms with Crippen molar-refractivity contribution in [3.05, 3.63) is 85.3 Å². The zero-order valence-electron chi connectivity index (χ0n) is 13.8. The predicted molar refractivity (Wildman–Crippen MR) is 106 cm³/mol. The molecule has 1 aromatic heterocycles. The number of aromatic nitrogens is 2. The zero-order chi connectivity index (χ0) is 18.0. The van der Waals surface area contributed by atoms with Crippen LogP contribution in [0.1, 0.15) is 21.7 Å². The summed E-state index contributed by atoms with van der Waals surface area (Å²) in [7, 11) is 0. The molecule has 0 aliphatic carbocycles. The zero-order valence-corrected chi connectivity index (χ0v) is 15.9. The monoisotopic (exact) mass is 445 g/mol. The molecule has 3 rings (SSSR count). The maximum atomic E-state index is 12.6. The fourth-order valence-electron chi connectivity index (χ4n) is 2.48. The van der Waals surface area contributed by atoms with Crippen LogP contribution in [0.25, 0.3) is 5.69 Å². The Kier molecular flexibility index (Phi) is 4.98. The second-order valence-corrected chi connectivity index (χ2v) is 6.90. The van der Waals surface area contributed by atoms with Gasteiger partial charge in [0.25, 0.3) is 5.91 Å². The SMILES string of the molecule is Cc1cc(I)ccc1NC(=O)c1nn(-c2ccccc2)c(C)cc1=O. The van der Waals surface area contributed by atoms with E-state index < -0.39 is 11.3 Å². The molecular weight excluding hydrogens is 429 g/mol. The van der Waals surface area contributed by atoms with Gasteiger partial charge in [0, 0.05) is 21.0 Å². The highest BCUT2D eigenvalue weighted by Crippen LogP contribution is 2.18. The Balaban J connectivity index is 1.99. The normalized spacial score (nSPS) is 10.5. The van der Waals surface area contributed by atoms with Gasteiger partial charge in [0.05, 0.1) is 5.69 Å². The van der Waals surface area contributed by atoms with Crippen LogP contribution in [-0.2, 0) is 0 Å². The first kappa shape index (κ1) is 17.3. The van der Waals surface area contributed by atoms with E-state index in [1.54, 1.807) is 11.6 Å². The molecule has 0 atom stereocenters. The van der Waals surface area contributed by atoms with Crippen LogP contribution in [0, 0.1) is 17.4 Å². The molecule has 25 heavy (non-hydrogen) atoms. The molecule has 1 amide bonds. The van der Waals surface area contributed by atoms with Crippen LogP contribution in [0.2, 0.25) is 0 Å². The quantitative estimate of drug-likeness (QED) is 0.626. The number of benzene rings is 2. The lowest BCUT2D eigenvalue weighted by Gasteiger charge is -2.12. The molecule has 0 aliphatic rings. The maximum absolute atomic E-state index is 12.6. The number of hydrogen-bond donors (Lipinski definition) is 1. The van der Waals surface area contributed by atoms with Gasteiger partial charge < -0.3 is 5.32 Å². The van der Waals surface area contributed by atoms with Crippen molar-refractivity contribution in [2.75, 3.05) is 5.32 Å². The number of carbonyl (C=O) groups excluding carboxylic acids is 1. The fraction of sp³-hybridized carbons (Fsp3) is 0.105. The van der Waals surface area contributed by atoms with E-state index in [1.165, 1.54) is 6.07 Å². The number of nitrogens with one attached hydrogen (secondary N) is 1. The molecular formula is C19H16IN3O2. The first-order valence-electron chi connectivity index (χ1n) is 7.69. The standard InChI is InChI=1S/C19H16IN3O2/c1-12-10-14(20)8-9-16(12)21-19(25)18-17(24)11-13(2)23(22-18)15-6-4-3-5-7-15/h3-11H,1-2H3,(H,21,25). The minimum absolute atomic E-state index is 0.132.